The Labute approximate surface area is 215 Å². The highest BCUT2D eigenvalue weighted by Gasteiger charge is 2.37. The fourth-order valence-corrected chi connectivity index (χ4v) is 4.39. The number of carbonyl (C=O) groups excluding carboxylic acids is 3. The van der Waals surface area contributed by atoms with Gasteiger partial charge in [-0.1, -0.05) is 42.1 Å². The molecule has 0 bridgehead atoms. The van der Waals surface area contributed by atoms with Crippen LogP contribution < -0.4 is 15.4 Å². The molecule has 1 heterocycles. The van der Waals surface area contributed by atoms with E-state index in [1.54, 1.807) is 20.8 Å². The van der Waals surface area contributed by atoms with Gasteiger partial charge in [0.2, 0.25) is 11.8 Å². The standard InChI is InChI=1S/C26H32N4O5S/c1-26(2,3)35-25(33)28-14-7-15-30-23(32)21(36-24(30)27)16-22(31)29-17-18-10-12-20(13-11-18)34-19-8-5-4-6-9-19/h4-6,8-13,21,27H,7,14-17H2,1-3H3,(H,28,33)(H,29,31). The normalized spacial score (nSPS) is 15.5. The number of ether oxygens (including phenoxy) is 2. The van der Waals surface area contributed by atoms with Crippen LogP contribution in [0, 0.1) is 5.41 Å². The second-order valence-electron chi connectivity index (χ2n) is 9.22. The maximum absolute atomic E-state index is 12.7. The van der Waals surface area contributed by atoms with Crippen molar-refractivity contribution in [3.05, 3.63) is 60.2 Å². The van der Waals surface area contributed by atoms with Crippen LogP contribution in [0.2, 0.25) is 0 Å². The van der Waals surface area contributed by atoms with Gasteiger partial charge in [-0.25, -0.2) is 4.79 Å². The number of amidine groups is 1. The molecule has 3 amide bonds. The molecule has 0 aliphatic carbocycles. The zero-order chi connectivity index (χ0) is 26.1. The van der Waals surface area contributed by atoms with Gasteiger partial charge in [-0.05, 0) is 57.0 Å². The molecule has 1 aliphatic heterocycles. The monoisotopic (exact) mass is 512 g/mol. The fourth-order valence-electron chi connectivity index (χ4n) is 3.35. The topological polar surface area (TPSA) is 121 Å². The van der Waals surface area contributed by atoms with Crippen LogP contribution in [0.4, 0.5) is 4.79 Å². The average Bonchev–Trinajstić information content (AvgIpc) is 3.08. The van der Waals surface area contributed by atoms with Gasteiger partial charge < -0.3 is 20.1 Å². The number of para-hydroxylation sites is 1. The lowest BCUT2D eigenvalue weighted by molar-refractivity contribution is -0.129. The van der Waals surface area contributed by atoms with Crippen molar-refractivity contribution < 1.29 is 23.9 Å². The number of carbonyl (C=O) groups is 3. The van der Waals surface area contributed by atoms with Gasteiger partial charge in [-0.2, -0.15) is 0 Å². The lowest BCUT2D eigenvalue weighted by atomic mass is 10.2. The lowest BCUT2D eigenvalue weighted by Gasteiger charge is -2.20. The quantitative estimate of drug-likeness (QED) is 0.409. The largest absolute Gasteiger partial charge is 0.457 e. The van der Waals surface area contributed by atoms with Gasteiger partial charge >= 0.3 is 6.09 Å². The molecule has 2 aromatic carbocycles. The van der Waals surface area contributed by atoms with Gasteiger partial charge in [0, 0.05) is 26.1 Å². The molecule has 36 heavy (non-hydrogen) atoms. The minimum Gasteiger partial charge on any atom is -0.457 e. The van der Waals surface area contributed by atoms with E-state index in [4.69, 9.17) is 14.9 Å². The van der Waals surface area contributed by atoms with Crippen LogP contribution in [0.15, 0.2) is 54.6 Å². The Balaban J connectivity index is 1.38. The first-order chi connectivity index (χ1) is 17.1. The number of nitrogens with one attached hydrogen (secondary N) is 3. The number of benzene rings is 2. The number of amides is 3. The zero-order valence-corrected chi connectivity index (χ0v) is 21.5. The van der Waals surface area contributed by atoms with E-state index in [0.29, 0.717) is 25.3 Å². The van der Waals surface area contributed by atoms with Gasteiger partial charge in [0.15, 0.2) is 5.17 Å². The third kappa shape index (κ3) is 8.60. The molecule has 192 valence electrons. The Bertz CT molecular complexity index is 1070. The molecule has 0 aromatic heterocycles. The molecule has 0 spiro atoms. The van der Waals surface area contributed by atoms with Crippen LogP contribution in [-0.4, -0.2) is 51.9 Å². The Hall–Kier alpha value is -3.53. The lowest BCUT2D eigenvalue weighted by Crippen LogP contribution is -2.37. The maximum Gasteiger partial charge on any atom is 0.407 e. The molecule has 1 fully saturated rings. The van der Waals surface area contributed by atoms with Crippen LogP contribution in [-0.2, 0) is 20.9 Å². The highest BCUT2D eigenvalue weighted by Crippen LogP contribution is 2.28. The van der Waals surface area contributed by atoms with E-state index in [9.17, 15) is 14.4 Å². The summed E-state index contributed by atoms with van der Waals surface area (Å²) >= 11 is 1.08. The number of thioether (sulfide) groups is 1. The zero-order valence-electron chi connectivity index (χ0n) is 20.7. The number of hydrogen-bond acceptors (Lipinski definition) is 7. The summed E-state index contributed by atoms with van der Waals surface area (Å²) in [6.07, 6.45) is -0.0579. The molecule has 3 rings (SSSR count). The van der Waals surface area contributed by atoms with E-state index in [2.05, 4.69) is 10.6 Å². The van der Waals surface area contributed by atoms with Crippen LogP contribution >= 0.6 is 11.8 Å². The summed E-state index contributed by atoms with van der Waals surface area (Å²) < 4.78 is 10.9. The minimum atomic E-state index is -0.627. The highest BCUT2D eigenvalue weighted by molar-refractivity contribution is 8.15. The van der Waals surface area contributed by atoms with Crippen molar-refractivity contribution in [3.63, 3.8) is 0 Å². The number of nitrogens with zero attached hydrogens (tertiary/aromatic N) is 1. The van der Waals surface area contributed by atoms with E-state index in [0.717, 1.165) is 23.1 Å². The van der Waals surface area contributed by atoms with E-state index >= 15 is 0 Å². The van der Waals surface area contributed by atoms with Gasteiger partial charge in [0.25, 0.3) is 0 Å². The van der Waals surface area contributed by atoms with Crippen LogP contribution in [0.5, 0.6) is 11.5 Å². The average molecular weight is 513 g/mol. The molecule has 3 N–H and O–H groups in total. The molecule has 1 atom stereocenters. The molecule has 1 saturated heterocycles. The molecule has 0 radical (unpaired) electrons. The SMILES string of the molecule is CC(C)(C)OC(=O)NCCCN1C(=N)SC(CC(=O)NCc2ccc(Oc3ccccc3)cc2)C1=O. The summed E-state index contributed by atoms with van der Waals surface area (Å²) in [5.74, 6) is 0.923. The second kappa shape index (κ2) is 12.4. The minimum absolute atomic E-state index is 0.00621. The van der Waals surface area contributed by atoms with Crippen molar-refractivity contribution in [2.75, 3.05) is 13.1 Å². The van der Waals surface area contributed by atoms with Crippen LogP contribution in [0.25, 0.3) is 0 Å². The van der Waals surface area contributed by atoms with Gasteiger partial charge in [-0.15, -0.1) is 0 Å². The predicted octanol–water partition coefficient (Wildman–Crippen LogP) is 4.28. The first-order valence-electron chi connectivity index (χ1n) is 11.7. The first-order valence-corrected chi connectivity index (χ1v) is 12.6. The number of alkyl carbamates (subject to hydrolysis) is 1. The van der Waals surface area contributed by atoms with Crippen molar-refractivity contribution in [2.45, 2.75) is 51.0 Å². The molecule has 1 aliphatic rings. The molecule has 0 saturated carbocycles. The summed E-state index contributed by atoms with van der Waals surface area (Å²) in [4.78, 5) is 38.2. The molecular formula is C26H32N4O5S. The molecular weight excluding hydrogens is 480 g/mol. The second-order valence-corrected chi connectivity index (χ2v) is 10.4. The molecule has 9 nitrogen and oxygen atoms in total. The van der Waals surface area contributed by atoms with Crippen molar-refractivity contribution in [3.8, 4) is 11.5 Å². The summed E-state index contributed by atoms with van der Waals surface area (Å²) in [5, 5.41) is 13.1. The Morgan fingerprint density at radius 2 is 1.69 bits per heavy atom. The summed E-state index contributed by atoms with van der Waals surface area (Å²) in [6.45, 7) is 6.27. The third-order valence-electron chi connectivity index (χ3n) is 5.03. The fraction of sp³-hybridized carbons (Fsp3) is 0.385. The number of hydrogen-bond donors (Lipinski definition) is 3. The summed E-state index contributed by atoms with van der Waals surface area (Å²) in [5.41, 5.74) is 0.322. The molecule has 1 unspecified atom stereocenters. The molecule has 2 aromatic rings. The van der Waals surface area contributed by atoms with Crippen molar-refractivity contribution >= 4 is 34.8 Å². The van der Waals surface area contributed by atoms with E-state index < -0.39 is 16.9 Å². The van der Waals surface area contributed by atoms with Crippen LogP contribution in [0.3, 0.4) is 0 Å². The Morgan fingerprint density at radius 3 is 2.36 bits per heavy atom. The summed E-state index contributed by atoms with van der Waals surface area (Å²) in [7, 11) is 0. The van der Waals surface area contributed by atoms with Crippen LogP contribution in [0.1, 0.15) is 39.2 Å². The first kappa shape index (κ1) is 27.1. The van der Waals surface area contributed by atoms with Crippen molar-refractivity contribution in [1.29, 1.82) is 5.41 Å². The Morgan fingerprint density at radius 1 is 1.03 bits per heavy atom. The van der Waals surface area contributed by atoms with Crippen molar-refractivity contribution in [2.24, 2.45) is 0 Å². The Kier molecular flexibility index (Phi) is 9.35. The number of rotatable bonds is 10. The predicted molar refractivity (Wildman–Crippen MR) is 139 cm³/mol. The van der Waals surface area contributed by atoms with Crippen molar-refractivity contribution in [1.82, 2.24) is 15.5 Å². The molecule has 10 heteroatoms. The highest BCUT2D eigenvalue weighted by atomic mass is 32.2. The van der Waals surface area contributed by atoms with E-state index in [-0.39, 0.29) is 29.9 Å². The van der Waals surface area contributed by atoms with E-state index in [1.165, 1.54) is 4.90 Å². The van der Waals surface area contributed by atoms with Gasteiger partial charge in [0.1, 0.15) is 22.4 Å². The van der Waals surface area contributed by atoms with Gasteiger partial charge in [0.05, 0.1) is 0 Å². The van der Waals surface area contributed by atoms with Gasteiger partial charge in [-0.3, -0.25) is 19.9 Å². The smallest absolute Gasteiger partial charge is 0.407 e. The van der Waals surface area contributed by atoms with E-state index in [1.807, 2.05) is 54.6 Å². The summed E-state index contributed by atoms with van der Waals surface area (Å²) in [6, 6.07) is 16.9. The maximum atomic E-state index is 12.7. The third-order valence-corrected chi connectivity index (χ3v) is 6.13.